The minimum atomic E-state index is -0.182. The third-order valence-electron chi connectivity index (χ3n) is 3.67. The standard InChI is InChI=1S/C16H26N4O/c1-5-12-9-17-15(18-10-12)20-8-6-7-13(11-20)14(21)19-16(2,3)4/h9-10,13H,5-8,11H2,1-4H3,(H,19,21). The molecule has 1 aromatic rings. The van der Waals surface area contributed by atoms with Crippen LogP contribution in [0.2, 0.25) is 0 Å². The molecule has 0 aliphatic carbocycles. The molecule has 1 aromatic heterocycles. The zero-order valence-corrected chi connectivity index (χ0v) is 13.5. The predicted molar refractivity (Wildman–Crippen MR) is 84.2 cm³/mol. The summed E-state index contributed by atoms with van der Waals surface area (Å²) in [4.78, 5) is 23.3. The molecule has 0 radical (unpaired) electrons. The van der Waals surface area contributed by atoms with Crippen molar-refractivity contribution in [3.8, 4) is 0 Å². The van der Waals surface area contributed by atoms with Crippen molar-refractivity contribution in [1.29, 1.82) is 0 Å². The van der Waals surface area contributed by atoms with Crippen LogP contribution in [-0.2, 0) is 11.2 Å². The number of aryl methyl sites for hydroxylation is 1. The average Bonchev–Trinajstić information content (AvgIpc) is 2.46. The van der Waals surface area contributed by atoms with Crippen molar-refractivity contribution in [2.75, 3.05) is 18.0 Å². The lowest BCUT2D eigenvalue weighted by Crippen LogP contribution is -2.49. The van der Waals surface area contributed by atoms with Gasteiger partial charge in [0.25, 0.3) is 0 Å². The minimum Gasteiger partial charge on any atom is -0.351 e. The van der Waals surface area contributed by atoms with Crippen LogP contribution >= 0.6 is 0 Å². The van der Waals surface area contributed by atoms with Gasteiger partial charge in [-0.15, -0.1) is 0 Å². The Morgan fingerprint density at radius 1 is 1.38 bits per heavy atom. The van der Waals surface area contributed by atoms with Gasteiger partial charge in [-0.25, -0.2) is 9.97 Å². The number of hydrogen-bond acceptors (Lipinski definition) is 4. The second-order valence-electron chi connectivity index (χ2n) is 6.77. The predicted octanol–water partition coefficient (Wildman–Crippen LogP) is 2.17. The molecule has 5 heteroatoms. The normalized spacial score (nSPS) is 19.4. The molecule has 0 saturated carbocycles. The van der Waals surface area contributed by atoms with Crippen LogP contribution < -0.4 is 10.2 Å². The van der Waals surface area contributed by atoms with Gasteiger partial charge >= 0.3 is 0 Å². The molecule has 1 atom stereocenters. The third kappa shape index (κ3) is 4.41. The van der Waals surface area contributed by atoms with E-state index in [0.29, 0.717) is 6.54 Å². The van der Waals surface area contributed by atoms with Gasteiger partial charge < -0.3 is 10.2 Å². The lowest BCUT2D eigenvalue weighted by molar-refractivity contribution is -0.126. The molecular weight excluding hydrogens is 264 g/mol. The SMILES string of the molecule is CCc1cnc(N2CCCC(C(=O)NC(C)(C)C)C2)nc1. The largest absolute Gasteiger partial charge is 0.351 e. The molecule has 1 aliphatic heterocycles. The molecule has 1 fully saturated rings. The number of piperidine rings is 1. The van der Waals surface area contributed by atoms with Crippen LogP contribution in [0.4, 0.5) is 5.95 Å². The lowest BCUT2D eigenvalue weighted by atomic mass is 9.96. The van der Waals surface area contributed by atoms with E-state index in [1.807, 2.05) is 33.2 Å². The Morgan fingerprint density at radius 2 is 2.05 bits per heavy atom. The van der Waals surface area contributed by atoms with Gasteiger partial charge in [0.2, 0.25) is 11.9 Å². The van der Waals surface area contributed by atoms with Crippen LogP contribution in [0.1, 0.15) is 46.1 Å². The second-order valence-corrected chi connectivity index (χ2v) is 6.77. The van der Waals surface area contributed by atoms with E-state index in [4.69, 9.17) is 0 Å². The summed E-state index contributed by atoms with van der Waals surface area (Å²) in [5.74, 6) is 0.894. The summed E-state index contributed by atoms with van der Waals surface area (Å²) in [7, 11) is 0. The van der Waals surface area contributed by atoms with E-state index in [-0.39, 0.29) is 17.4 Å². The molecule has 21 heavy (non-hydrogen) atoms. The molecule has 1 N–H and O–H groups in total. The van der Waals surface area contributed by atoms with Crippen molar-refractivity contribution in [1.82, 2.24) is 15.3 Å². The molecule has 1 aliphatic rings. The number of hydrogen-bond donors (Lipinski definition) is 1. The zero-order valence-electron chi connectivity index (χ0n) is 13.5. The van der Waals surface area contributed by atoms with Crippen molar-refractivity contribution in [3.63, 3.8) is 0 Å². The Balaban J connectivity index is 2.01. The summed E-state index contributed by atoms with van der Waals surface area (Å²) in [6.45, 7) is 9.75. The number of nitrogens with zero attached hydrogens (tertiary/aromatic N) is 3. The highest BCUT2D eigenvalue weighted by Crippen LogP contribution is 2.21. The highest BCUT2D eigenvalue weighted by atomic mass is 16.2. The monoisotopic (exact) mass is 290 g/mol. The molecule has 5 nitrogen and oxygen atoms in total. The second kappa shape index (κ2) is 6.41. The van der Waals surface area contributed by atoms with E-state index in [1.54, 1.807) is 0 Å². The van der Waals surface area contributed by atoms with Crippen LogP contribution in [0, 0.1) is 5.92 Å². The molecule has 2 heterocycles. The van der Waals surface area contributed by atoms with Crippen molar-refractivity contribution in [3.05, 3.63) is 18.0 Å². The molecule has 0 spiro atoms. The number of nitrogens with one attached hydrogen (secondary N) is 1. The summed E-state index contributed by atoms with van der Waals surface area (Å²) < 4.78 is 0. The summed E-state index contributed by atoms with van der Waals surface area (Å²) in [5.41, 5.74) is 0.955. The van der Waals surface area contributed by atoms with Crippen LogP contribution in [0.5, 0.6) is 0 Å². The van der Waals surface area contributed by atoms with Crippen molar-refractivity contribution >= 4 is 11.9 Å². The summed E-state index contributed by atoms with van der Waals surface area (Å²) >= 11 is 0. The fraction of sp³-hybridized carbons (Fsp3) is 0.688. The van der Waals surface area contributed by atoms with E-state index >= 15 is 0 Å². The number of amides is 1. The molecule has 2 rings (SSSR count). The Hall–Kier alpha value is -1.65. The first-order valence-corrected chi connectivity index (χ1v) is 7.77. The highest BCUT2D eigenvalue weighted by molar-refractivity contribution is 5.80. The van der Waals surface area contributed by atoms with Gasteiger partial charge in [0.15, 0.2) is 0 Å². The van der Waals surface area contributed by atoms with Gasteiger partial charge in [0.05, 0.1) is 5.92 Å². The fourth-order valence-corrected chi connectivity index (χ4v) is 2.54. The fourth-order valence-electron chi connectivity index (χ4n) is 2.54. The maximum Gasteiger partial charge on any atom is 0.225 e. The van der Waals surface area contributed by atoms with E-state index in [1.165, 1.54) is 0 Å². The lowest BCUT2D eigenvalue weighted by Gasteiger charge is -2.33. The van der Waals surface area contributed by atoms with Crippen LogP contribution in [-0.4, -0.2) is 34.5 Å². The Kier molecular flexibility index (Phi) is 4.80. The molecule has 1 amide bonds. The maximum absolute atomic E-state index is 12.3. The average molecular weight is 290 g/mol. The molecule has 1 unspecified atom stereocenters. The van der Waals surface area contributed by atoms with Crippen molar-refractivity contribution in [2.24, 2.45) is 5.92 Å². The molecule has 1 saturated heterocycles. The van der Waals surface area contributed by atoms with Gasteiger partial charge in [0, 0.05) is 31.0 Å². The van der Waals surface area contributed by atoms with Gasteiger partial charge in [-0.2, -0.15) is 0 Å². The molecular formula is C16H26N4O. The van der Waals surface area contributed by atoms with Gasteiger partial charge in [0.1, 0.15) is 0 Å². The molecule has 116 valence electrons. The molecule has 0 aromatic carbocycles. The van der Waals surface area contributed by atoms with Crippen molar-refractivity contribution < 1.29 is 4.79 Å². The Bertz CT molecular complexity index is 478. The number of carbonyl (C=O) groups is 1. The third-order valence-corrected chi connectivity index (χ3v) is 3.67. The summed E-state index contributed by atoms with van der Waals surface area (Å²) in [6.07, 6.45) is 6.63. The van der Waals surface area contributed by atoms with Gasteiger partial charge in [-0.1, -0.05) is 6.92 Å². The van der Waals surface area contributed by atoms with E-state index < -0.39 is 0 Å². The number of aromatic nitrogens is 2. The van der Waals surface area contributed by atoms with E-state index in [9.17, 15) is 4.79 Å². The Morgan fingerprint density at radius 3 is 2.62 bits per heavy atom. The van der Waals surface area contributed by atoms with Gasteiger partial charge in [-0.3, -0.25) is 4.79 Å². The summed E-state index contributed by atoms with van der Waals surface area (Å²) in [6, 6.07) is 0. The number of carbonyl (C=O) groups excluding carboxylic acids is 1. The first-order valence-electron chi connectivity index (χ1n) is 7.77. The summed E-state index contributed by atoms with van der Waals surface area (Å²) in [5, 5.41) is 3.07. The zero-order chi connectivity index (χ0) is 15.5. The van der Waals surface area contributed by atoms with Crippen LogP contribution in [0.15, 0.2) is 12.4 Å². The first-order chi connectivity index (χ1) is 9.89. The Labute approximate surface area is 127 Å². The van der Waals surface area contributed by atoms with Crippen LogP contribution in [0.25, 0.3) is 0 Å². The first kappa shape index (κ1) is 15.7. The number of rotatable bonds is 3. The minimum absolute atomic E-state index is 0.0208. The maximum atomic E-state index is 12.3. The van der Waals surface area contributed by atoms with Gasteiger partial charge in [-0.05, 0) is 45.6 Å². The van der Waals surface area contributed by atoms with Crippen molar-refractivity contribution in [2.45, 2.75) is 52.5 Å². The highest BCUT2D eigenvalue weighted by Gasteiger charge is 2.28. The number of anilines is 1. The molecule has 0 bridgehead atoms. The van der Waals surface area contributed by atoms with Crippen LogP contribution in [0.3, 0.4) is 0 Å². The van der Waals surface area contributed by atoms with E-state index in [2.05, 4.69) is 27.1 Å². The quantitative estimate of drug-likeness (QED) is 0.927. The smallest absolute Gasteiger partial charge is 0.225 e. The van der Waals surface area contributed by atoms with E-state index in [0.717, 1.165) is 37.3 Å². The topological polar surface area (TPSA) is 58.1 Å².